The average molecular weight is 513 g/mol. The maximum atomic E-state index is 13.4. The molecule has 37 heavy (non-hydrogen) atoms. The SMILES string of the molecule is CC1=C2C(=O)OCCOCCOCCOCCOCCOCC2C(c2ccccc2)(c2ccccc2)O1. The molecule has 0 aliphatic carbocycles. The van der Waals surface area contributed by atoms with Crippen molar-refractivity contribution in [3.63, 3.8) is 0 Å². The van der Waals surface area contributed by atoms with E-state index in [2.05, 4.69) is 0 Å². The Morgan fingerprint density at radius 1 is 0.622 bits per heavy atom. The highest BCUT2D eigenvalue weighted by Gasteiger charge is 2.54. The molecular formula is C29H36O8. The number of carbonyl (C=O) groups is 1. The Kier molecular flexibility index (Phi) is 10.5. The van der Waals surface area contributed by atoms with Crippen molar-refractivity contribution in [1.29, 1.82) is 0 Å². The molecule has 0 saturated carbocycles. The van der Waals surface area contributed by atoms with Crippen molar-refractivity contribution in [3.8, 4) is 0 Å². The smallest absolute Gasteiger partial charge is 0.338 e. The van der Waals surface area contributed by atoms with Crippen molar-refractivity contribution < 1.29 is 38.0 Å². The number of hydrogen-bond donors (Lipinski definition) is 0. The molecule has 2 aromatic carbocycles. The van der Waals surface area contributed by atoms with Crippen molar-refractivity contribution in [2.75, 3.05) is 72.7 Å². The number of esters is 1. The van der Waals surface area contributed by atoms with Crippen molar-refractivity contribution >= 4 is 5.97 Å². The van der Waals surface area contributed by atoms with Gasteiger partial charge in [-0.05, 0) is 6.92 Å². The first-order chi connectivity index (χ1) is 18.2. The highest BCUT2D eigenvalue weighted by Crippen LogP contribution is 2.51. The van der Waals surface area contributed by atoms with Gasteiger partial charge in [0.05, 0.1) is 77.6 Å². The highest BCUT2D eigenvalue weighted by molar-refractivity contribution is 5.91. The van der Waals surface area contributed by atoms with Crippen LogP contribution in [0.4, 0.5) is 0 Å². The summed E-state index contributed by atoms with van der Waals surface area (Å²) in [5, 5.41) is 0. The Bertz CT molecular complexity index is 952. The van der Waals surface area contributed by atoms with E-state index in [0.29, 0.717) is 64.2 Å². The molecule has 2 heterocycles. The monoisotopic (exact) mass is 512 g/mol. The van der Waals surface area contributed by atoms with Crippen LogP contribution in [0, 0.1) is 5.92 Å². The van der Waals surface area contributed by atoms with Crippen LogP contribution in [0.25, 0.3) is 0 Å². The molecule has 4 rings (SSSR count). The lowest BCUT2D eigenvalue weighted by Crippen LogP contribution is -2.39. The maximum absolute atomic E-state index is 13.4. The van der Waals surface area contributed by atoms with E-state index >= 15 is 0 Å². The van der Waals surface area contributed by atoms with Crippen LogP contribution < -0.4 is 0 Å². The number of fused-ring (bicyclic) bond motifs is 1. The van der Waals surface area contributed by atoms with E-state index in [1.807, 2.05) is 67.6 Å². The number of rotatable bonds is 2. The van der Waals surface area contributed by atoms with Crippen LogP contribution in [0.2, 0.25) is 0 Å². The lowest BCUT2D eigenvalue weighted by atomic mass is 9.74. The van der Waals surface area contributed by atoms with Gasteiger partial charge >= 0.3 is 5.97 Å². The molecule has 1 fully saturated rings. The van der Waals surface area contributed by atoms with Crippen LogP contribution in [-0.2, 0) is 43.6 Å². The largest absolute Gasteiger partial charge is 0.481 e. The Morgan fingerprint density at radius 2 is 1.05 bits per heavy atom. The molecule has 0 aromatic heterocycles. The normalized spacial score (nSPS) is 22.9. The standard InChI is InChI=1S/C29H36O8/c1-23-27-26(29(37-23,24-8-4-2-5-9-24)25-10-6-3-7-11-25)22-35-19-18-33-15-14-31-12-13-32-16-17-34-20-21-36-28(27)30/h2-11,26H,12-22H2,1H3. The Balaban J connectivity index is 1.59. The second-order valence-electron chi connectivity index (χ2n) is 8.75. The van der Waals surface area contributed by atoms with Gasteiger partial charge in [-0.2, -0.15) is 0 Å². The summed E-state index contributed by atoms with van der Waals surface area (Å²) < 4.78 is 40.5. The van der Waals surface area contributed by atoms with E-state index in [1.54, 1.807) is 0 Å². The Hall–Kier alpha value is -2.75. The Morgan fingerprint density at radius 3 is 1.54 bits per heavy atom. The molecular weight excluding hydrogens is 476 g/mol. The van der Waals surface area contributed by atoms with Gasteiger partial charge in [0.25, 0.3) is 0 Å². The number of cyclic esters (lactones) is 1. The van der Waals surface area contributed by atoms with E-state index in [9.17, 15) is 4.79 Å². The topological polar surface area (TPSA) is 81.7 Å². The summed E-state index contributed by atoms with van der Waals surface area (Å²) in [6.07, 6.45) is 0. The average Bonchev–Trinajstić information content (AvgIpc) is 3.23. The van der Waals surface area contributed by atoms with E-state index in [-0.39, 0.29) is 19.8 Å². The number of ether oxygens (including phenoxy) is 7. The molecule has 8 nitrogen and oxygen atoms in total. The molecule has 2 aliphatic heterocycles. The van der Waals surface area contributed by atoms with Gasteiger partial charge in [-0.1, -0.05) is 60.7 Å². The van der Waals surface area contributed by atoms with Crippen LogP contribution in [0.5, 0.6) is 0 Å². The van der Waals surface area contributed by atoms with Crippen molar-refractivity contribution in [2.24, 2.45) is 5.92 Å². The lowest BCUT2D eigenvalue weighted by Gasteiger charge is -2.36. The van der Waals surface area contributed by atoms with Gasteiger partial charge in [0.1, 0.15) is 12.4 Å². The van der Waals surface area contributed by atoms with Gasteiger partial charge < -0.3 is 33.2 Å². The van der Waals surface area contributed by atoms with E-state index in [1.165, 1.54) is 0 Å². The summed E-state index contributed by atoms with van der Waals surface area (Å²) in [5.74, 6) is -0.341. The number of allylic oxidation sites excluding steroid dienone is 1. The van der Waals surface area contributed by atoms with Gasteiger partial charge in [0, 0.05) is 11.1 Å². The van der Waals surface area contributed by atoms with Crippen LogP contribution >= 0.6 is 0 Å². The Labute approximate surface area is 218 Å². The van der Waals surface area contributed by atoms with Gasteiger partial charge in [-0.25, -0.2) is 4.79 Å². The molecule has 8 heteroatoms. The maximum Gasteiger partial charge on any atom is 0.338 e. The second kappa shape index (κ2) is 14.3. The molecule has 0 bridgehead atoms. The number of hydrogen-bond acceptors (Lipinski definition) is 8. The summed E-state index contributed by atoms with van der Waals surface area (Å²) in [5.41, 5.74) is 1.39. The first kappa shape index (κ1) is 27.3. The first-order valence-electron chi connectivity index (χ1n) is 12.8. The predicted octanol–water partition coefficient (Wildman–Crippen LogP) is 3.49. The minimum Gasteiger partial charge on any atom is -0.481 e. The van der Waals surface area contributed by atoms with E-state index in [0.717, 1.165) is 11.1 Å². The second-order valence-corrected chi connectivity index (χ2v) is 8.75. The molecule has 2 aliphatic rings. The molecule has 200 valence electrons. The summed E-state index contributed by atoms with van der Waals surface area (Å²) in [6, 6.07) is 19.9. The zero-order chi connectivity index (χ0) is 25.8. The molecule has 0 amide bonds. The molecule has 2 aromatic rings. The van der Waals surface area contributed by atoms with E-state index in [4.69, 9.17) is 33.2 Å². The summed E-state index contributed by atoms with van der Waals surface area (Å²) in [6.45, 7) is 6.04. The van der Waals surface area contributed by atoms with Crippen LogP contribution in [0.3, 0.4) is 0 Å². The fourth-order valence-corrected chi connectivity index (χ4v) is 4.71. The molecule has 0 spiro atoms. The first-order valence-corrected chi connectivity index (χ1v) is 12.8. The van der Waals surface area contributed by atoms with Crippen molar-refractivity contribution in [3.05, 3.63) is 83.1 Å². The van der Waals surface area contributed by atoms with Gasteiger partial charge in [0.15, 0.2) is 5.60 Å². The molecule has 1 atom stereocenters. The van der Waals surface area contributed by atoms with Gasteiger partial charge in [0.2, 0.25) is 0 Å². The summed E-state index contributed by atoms with van der Waals surface area (Å²) in [4.78, 5) is 13.4. The quantitative estimate of drug-likeness (QED) is 0.566. The van der Waals surface area contributed by atoms with Crippen molar-refractivity contribution in [2.45, 2.75) is 12.5 Å². The molecule has 0 N–H and O–H groups in total. The van der Waals surface area contributed by atoms with Crippen LogP contribution in [-0.4, -0.2) is 78.6 Å². The highest BCUT2D eigenvalue weighted by atomic mass is 16.6. The third-order valence-corrected chi connectivity index (χ3v) is 6.39. The number of carbonyl (C=O) groups excluding carboxylic acids is 1. The summed E-state index contributed by atoms with van der Waals surface area (Å²) >= 11 is 0. The van der Waals surface area contributed by atoms with Crippen LogP contribution in [0.1, 0.15) is 18.1 Å². The van der Waals surface area contributed by atoms with Crippen molar-refractivity contribution in [1.82, 2.24) is 0 Å². The molecule has 0 radical (unpaired) electrons. The summed E-state index contributed by atoms with van der Waals surface area (Å²) in [7, 11) is 0. The lowest BCUT2D eigenvalue weighted by molar-refractivity contribution is -0.142. The predicted molar refractivity (Wildman–Crippen MR) is 136 cm³/mol. The fraction of sp³-hybridized carbons (Fsp3) is 0.483. The fourth-order valence-electron chi connectivity index (χ4n) is 4.71. The third kappa shape index (κ3) is 6.97. The molecule has 1 unspecified atom stereocenters. The van der Waals surface area contributed by atoms with E-state index < -0.39 is 17.5 Å². The minimum absolute atomic E-state index is 0.129. The zero-order valence-electron chi connectivity index (χ0n) is 21.4. The van der Waals surface area contributed by atoms with Crippen LogP contribution in [0.15, 0.2) is 72.0 Å². The molecule has 1 saturated heterocycles. The minimum atomic E-state index is -0.944. The van der Waals surface area contributed by atoms with Gasteiger partial charge in [-0.15, -0.1) is 0 Å². The number of benzene rings is 2. The van der Waals surface area contributed by atoms with Gasteiger partial charge in [-0.3, -0.25) is 0 Å². The zero-order valence-corrected chi connectivity index (χ0v) is 21.4. The third-order valence-electron chi connectivity index (χ3n) is 6.39.